The Labute approximate surface area is 93.3 Å². The molecule has 1 heterocycles. The van der Waals surface area contributed by atoms with Gasteiger partial charge in [-0.3, -0.25) is 0 Å². The van der Waals surface area contributed by atoms with E-state index in [4.69, 9.17) is 16.0 Å². The standard InChI is InChI=1S/C12H22O3/c1-8-11(2,3)12(13)7-5-6-9(14-4)10(12)15-8/h8-10,13H,5-7H2,1-4H3/t8?,9-,10-,12-/m1/s1/i13T. The Morgan fingerprint density at radius 1 is 1.53 bits per heavy atom. The molecule has 2 rings (SSSR count). The smallest absolute Gasteiger partial charge is 0.211 e. The molecule has 3 heteroatoms. The van der Waals surface area contributed by atoms with E-state index in [1.807, 2.05) is 0 Å². The summed E-state index contributed by atoms with van der Waals surface area (Å²) in [5, 5.41) is 5.17. The summed E-state index contributed by atoms with van der Waals surface area (Å²) in [6.45, 7) is 6.32. The molecule has 0 aromatic carbocycles. The van der Waals surface area contributed by atoms with Crippen LogP contribution in [0.5, 0.6) is 0 Å². The van der Waals surface area contributed by atoms with Gasteiger partial charge >= 0.3 is 0 Å². The Morgan fingerprint density at radius 2 is 2.27 bits per heavy atom. The fourth-order valence-corrected chi connectivity index (χ4v) is 3.02. The molecule has 1 aliphatic heterocycles. The maximum Gasteiger partial charge on any atom is 0.211 e. The van der Waals surface area contributed by atoms with Crippen LogP contribution in [-0.2, 0) is 9.47 Å². The van der Waals surface area contributed by atoms with E-state index in [2.05, 4.69) is 20.8 Å². The molecule has 2 aliphatic rings. The first kappa shape index (κ1) is 10.1. The van der Waals surface area contributed by atoms with Crippen molar-refractivity contribution in [3.63, 3.8) is 0 Å². The van der Waals surface area contributed by atoms with Crippen LogP contribution in [-0.4, -0.2) is 37.6 Å². The van der Waals surface area contributed by atoms with Crippen LogP contribution in [0.25, 0.3) is 0 Å². The summed E-state index contributed by atoms with van der Waals surface area (Å²) < 4.78 is 19.0. The fourth-order valence-electron chi connectivity index (χ4n) is 3.02. The van der Waals surface area contributed by atoms with E-state index in [1.54, 1.807) is 7.11 Å². The van der Waals surface area contributed by atoms with E-state index in [-0.39, 0.29) is 23.7 Å². The molecule has 3 nitrogen and oxygen atoms in total. The molecule has 0 amide bonds. The first-order chi connectivity index (χ1) is 7.49. The summed E-state index contributed by atoms with van der Waals surface area (Å²) in [4.78, 5) is 0. The first-order valence-corrected chi connectivity index (χ1v) is 5.82. The second-order valence-electron chi connectivity index (χ2n) is 5.48. The number of ether oxygens (including phenoxy) is 2. The zero-order valence-electron chi connectivity index (χ0n) is 11.1. The van der Waals surface area contributed by atoms with Crippen molar-refractivity contribution in [3.05, 3.63) is 0 Å². The lowest BCUT2D eigenvalue weighted by Gasteiger charge is -2.44. The maximum absolute atomic E-state index is 7.49. The Bertz CT molecular complexity index is 269. The van der Waals surface area contributed by atoms with Crippen molar-refractivity contribution in [2.75, 3.05) is 7.11 Å². The highest BCUT2D eigenvalue weighted by molar-refractivity contribution is 5.11. The number of aliphatic hydroxyl groups is 1. The van der Waals surface area contributed by atoms with Gasteiger partial charge in [0, 0.05) is 12.5 Å². The summed E-state index contributed by atoms with van der Waals surface area (Å²) >= 11 is 0. The quantitative estimate of drug-likeness (QED) is 0.764. The zero-order valence-corrected chi connectivity index (χ0v) is 10.1. The van der Waals surface area contributed by atoms with Crippen LogP contribution in [0.1, 0.15) is 40.0 Å². The Morgan fingerprint density at radius 3 is 2.87 bits per heavy atom. The van der Waals surface area contributed by atoms with Crippen LogP contribution in [0.3, 0.4) is 0 Å². The second kappa shape index (κ2) is 3.44. The SMILES string of the molecule is [3H]O[C@]12CCC[C@@H](OC)[C@H]1OC(C)C2(C)C. The minimum absolute atomic E-state index is 0.0586. The van der Waals surface area contributed by atoms with Gasteiger partial charge < -0.3 is 14.6 Å². The van der Waals surface area contributed by atoms with Gasteiger partial charge in [-0.05, 0) is 26.2 Å². The highest BCUT2D eigenvalue weighted by Gasteiger charge is 2.62. The number of fused-ring (bicyclic) bond motifs is 1. The fraction of sp³-hybridized carbons (Fsp3) is 1.00. The van der Waals surface area contributed by atoms with Gasteiger partial charge in [-0.15, -0.1) is 0 Å². The van der Waals surface area contributed by atoms with E-state index in [0.29, 0.717) is 0 Å². The molecule has 1 saturated carbocycles. The lowest BCUT2D eigenvalue weighted by Crippen LogP contribution is -2.56. The van der Waals surface area contributed by atoms with E-state index in [9.17, 15) is 0 Å². The molecule has 1 aliphatic carbocycles. The molecule has 1 unspecified atom stereocenters. The van der Waals surface area contributed by atoms with Crippen molar-refractivity contribution < 1.29 is 14.6 Å². The number of hydrogen-bond acceptors (Lipinski definition) is 3. The van der Waals surface area contributed by atoms with Crippen LogP contribution in [0.4, 0.5) is 0 Å². The molecule has 0 aromatic heterocycles. The van der Waals surface area contributed by atoms with E-state index >= 15 is 0 Å². The summed E-state index contributed by atoms with van der Waals surface area (Å²) in [6.07, 6.45) is 2.97. The molecule has 0 bridgehead atoms. The third kappa shape index (κ3) is 1.37. The Kier molecular flexibility index (Phi) is 2.31. The van der Waals surface area contributed by atoms with Gasteiger partial charge in [0.2, 0.25) is 1.43 Å². The van der Waals surface area contributed by atoms with E-state index in [1.165, 1.54) is 0 Å². The average molecular weight is 216 g/mol. The topological polar surface area (TPSA) is 38.7 Å². The maximum atomic E-state index is 7.49. The van der Waals surface area contributed by atoms with Gasteiger partial charge in [0.15, 0.2) is 0 Å². The van der Waals surface area contributed by atoms with Gasteiger partial charge in [0.25, 0.3) is 0 Å². The van der Waals surface area contributed by atoms with Gasteiger partial charge in [-0.1, -0.05) is 13.8 Å². The van der Waals surface area contributed by atoms with Gasteiger partial charge in [-0.25, -0.2) is 0 Å². The molecule has 4 atom stereocenters. The Balaban J connectivity index is 2.37. The predicted molar refractivity (Wildman–Crippen MR) is 57.7 cm³/mol. The number of methoxy groups -OCH3 is 1. The highest BCUT2D eigenvalue weighted by atomic mass is 16.6. The largest absolute Gasteiger partial charge is 0.386 e. The van der Waals surface area contributed by atoms with Crippen LogP contribution >= 0.6 is 0 Å². The van der Waals surface area contributed by atoms with E-state index < -0.39 is 5.60 Å². The molecular formula is C12H22O3. The summed E-state index contributed by atoms with van der Waals surface area (Å²) in [7, 11) is 1.71. The third-order valence-corrected chi connectivity index (χ3v) is 4.59. The van der Waals surface area contributed by atoms with Gasteiger partial charge in [0.1, 0.15) is 11.7 Å². The minimum Gasteiger partial charge on any atom is -0.386 e. The molecule has 0 aromatic rings. The lowest BCUT2D eigenvalue weighted by molar-refractivity contribution is -0.153. The van der Waals surface area contributed by atoms with Gasteiger partial charge in [0.05, 0.1) is 12.2 Å². The van der Waals surface area contributed by atoms with Crippen molar-refractivity contribution in [3.8, 4) is 0 Å². The second-order valence-corrected chi connectivity index (χ2v) is 5.48. The van der Waals surface area contributed by atoms with Crippen LogP contribution in [0, 0.1) is 5.41 Å². The average Bonchev–Trinajstić information content (AvgIpc) is 2.48. The van der Waals surface area contributed by atoms with Crippen molar-refractivity contribution in [2.45, 2.75) is 63.9 Å². The lowest BCUT2D eigenvalue weighted by atomic mass is 9.65. The number of rotatable bonds is 2. The first-order valence-electron chi connectivity index (χ1n) is 6.23. The molecular weight excluding hydrogens is 192 g/mol. The molecule has 2 fully saturated rings. The van der Waals surface area contributed by atoms with Crippen molar-refractivity contribution >= 4 is 0 Å². The summed E-state index contributed by atoms with van der Waals surface area (Å²) in [5.41, 5.74) is -0.651. The van der Waals surface area contributed by atoms with Crippen LogP contribution in [0.2, 0.25) is 0 Å². The molecule has 0 spiro atoms. The summed E-state index contributed by atoms with van der Waals surface area (Å²) in [5.74, 6) is 0. The Hall–Kier alpha value is -0.120. The molecule has 15 heavy (non-hydrogen) atoms. The minimum atomic E-state index is -0.509. The van der Waals surface area contributed by atoms with Crippen LogP contribution in [0.15, 0.2) is 0 Å². The molecule has 1 saturated heterocycles. The molecule has 1 N–H and O–H groups in total. The van der Waals surface area contributed by atoms with Crippen LogP contribution < -0.4 is 0 Å². The van der Waals surface area contributed by atoms with Crippen molar-refractivity contribution in [1.82, 2.24) is 0 Å². The highest BCUT2D eigenvalue weighted by Crippen LogP contribution is 2.52. The molecule has 0 radical (unpaired) electrons. The third-order valence-electron chi connectivity index (χ3n) is 4.59. The normalized spacial score (nSPS) is 49.9. The van der Waals surface area contributed by atoms with Gasteiger partial charge in [-0.2, -0.15) is 0 Å². The summed E-state index contributed by atoms with van der Waals surface area (Å²) in [6, 6.07) is 0. The van der Waals surface area contributed by atoms with Crippen molar-refractivity contribution in [1.29, 1.82) is 1.43 Å². The number of hydrogen-bond donors (Lipinski definition) is 1. The zero-order chi connectivity index (χ0) is 12.0. The predicted octanol–water partition coefficient (Wildman–Crippen LogP) is 1.73. The monoisotopic (exact) mass is 216 g/mol. The van der Waals surface area contributed by atoms with Crippen molar-refractivity contribution in [2.24, 2.45) is 5.41 Å². The van der Waals surface area contributed by atoms with E-state index in [0.717, 1.165) is 19.3 Å². The molecule has 88 valence electrons.